The number of piperidine rings is 1. The van der Waals surface area contributed by atoms with Gasteiger partial charge >= 0.3 is 0 Å². The zero-order valence-corrected chi connectivity index (χ0v) is 9.63. The minimum absolute atomic E-state index is 0. The second kappa shape index (κ2) is 6.83. The Hall–Kier alpha value is -0.570. The Morgan fingerprint density at radius 3 is 2.73 bits per heavy atom. The van der Waals surface area contributed by atoms with Crippen LogP contribution in [0.3, 0.4) is 0 Å². The van der Waals surface area contributed by atoms with Crippen molar-refractivity contribution in [3.8, 4) is 0 Å². The van der Waals surface area contributed by atoms with Crippen molar-refractivity contribution in [2.24, 2.45) is 0 Å². The first kappa shape index (κ1) is 12.5. The quantitative estimate of drug-likeness (QED) is 0.856. The molecule has 0 unspecified atom stereocenters. The molecule has 0 amide bonds. The number of rotatable bonds is 3. The van der Waals surface area contributed by atoms with Crippen LogP contribution in [0.25, 0.3) is 0 Å². The van der Waals surface area contributed by atoms with Gasteiger partial charge in [-0.1, -0.05) is 30.3 Å². The lowest BCUT2D eigenvalue weighted by molar-refractivity contribution is 0.0253. The smallest absolute Gasteiger partial charge is 0.0721 e. The van der Waals surface area contributed by atoms with Gasteiger partial charge in [-0.2, -0.15) is 0 Å². The molecule has 1 aromatic rings. The van der Waals surface area contributed by atoms with Gasteiger partial charge in [0.1, 0.15) is 0 Å². The van der Waals surface area contributed by atoms with Crippen molar-refractivity contribution in [2.75, 3.05) is 13.1 Å². The van der Waals surface area contributed by atoms with Crippen molar-refractivity contribution in [1.29, 1.82) is 0 Å². The lowest BCUT2D eigenvalue weighted by Crippen LogP contribution is -2.35. The van der Waals surface area contributed by atoms with Crippen molar-refractivity contribution in [3.63, 3.8) is 0 Å². The average molecular weight is 228 g/mol. The Kier molecular flexibility index (Phi) is 5.69. The van der Waals surface area contributed by atoms with Crippen molar-refractivity contribution in [1.82, 2.24) is 5.32 Å². The normalized spacial score (nSPS) is 20.7. The van der Waals surface area contributed by atoms with Crippen molar-refractivity contribution in [3.05, 3.63) is 35.9 Å². The van der Waals surface area contributed by atoms with Crippen LogP contribution in [0.2, 0.25) is 0 Å². The monoisotopic (exact) mass is 227 g/mol. The van der Waals surface area contributed by atoms with Gasteiger partial charge in [0, 0.05) is 6.54 Å². The third-order valence-corrected chi connectivity index (χ3v) is 2.58. The van der Waals surface area contributed by atoms with Crippen LogP contribution in [0.15, 0.2) is 30.3 Å². The predicted octanol–water partition coefficient (Wildman–Crippen LogP) is 2.38. The molecule has 0 saturated carbocycles. The number of benzene rings is 1. The van der Waals surface area contributed by atoms with Crippen molar-refractivity contribution >= 4 is 12.4 Å². The number of hydrogen-bond acceptors (Lipinski definition) is 2. The topological polar surface area (TPSA) is 21.3 Å². The molecule has 1 saturated heterocycles. The van der Waals surface area contributed by atoms with E-state index >= 15 is 0 Å². The van der Waals surface area contributed by atoms with E-state index in [1.165, 1.54) is 18.4 Å². The van der Waals surface area contributed by atoms with Gasteiger partial charge in [0.05, 0.1) is 12.7 Å². The molecular weight excluding hydrogens is 210 g/mol. The molecule has 1 heterocycles. The predicted molar refractivity (Wildman–Crippen MR) is 64.4 cm³/mol. The van der Waals surface area contributed by atoms with Gasteiger partial charge in [0.15, 0.2) is 0 Å². The molecule has 0 bridgehead atoms. The molecule has 0 radical (unpaired) electrons. The van der Waals surface area contributed by atoms with Crippen LogP contribution in [0, 0.1) is 0 Å². The van der Waals surface area contributed by atoms with Crippen LogP contribution >= 0.6 is 12.4 Å². The van der Waals surface area contributed by atoms with Gasteiger partial charge in [-0.25, -0.2) is 0 Å². The maximum absolute atomic E-state index is 5.81. The molecule has 1 aliphatic heterocycles. The van der Waals surface area contributed by atoms with Gasteiger partial charge < -0.3 is 10.1 Å². The number of halogens is 1. The fraction of sp³-hybridized carbons (Fsp3) is 0.500. The molecule has 15 heavy (non-hydrogen) atoms. The highest BCUT2D eigenvalue weighted by Crippen LogP contribution is 2.09. The van der Waals surface area contributed by atoms with Crippen LogP contribution in [0.5, 0.6) is 0 Å². The van der Waals surface area contributed by atoms with Crippen molar-refractivity contribution in [2.45, 2.75) is 25.6 Å². The van der Waals surface area contributed by atoms with E-state index < -0.39 is 0 Å². The van der Waals surface area contributed by atoms with Crippen LogP contribution in [-0.4, -0.2) is 19.2 Å². The molecule has 2 rings (SSSR count). The van der Waals surface area contributed by atoms with E-state index in [9.17, 15) is 0 Å². The third kappa shape index (κ3) is 4.20. The highest BCUT2D eigenvalue weighted by molar-refractivity contribution is 5.85. The van der Waals surface area contributed by atoms with Gasteiger partial charge in [0.25, 0.3) is 0 Å². The molecule has 0 aromatic heterocycles. The lowest BCUT2D eigenvalue weighted by atomic mass is 10.1. The number of ether oxygens (including phenoxy) is 1. The molecule has 1 aromatic carbocycles. The molecule has 1 aliphatic rings. The van der Waals surface area contributed by atoms with Crippen LogP contribution < -0.4 is 5.32 Å². The average Bonchev–Trinajstić information content (AvgIpc) is 2.29. The zero-order chi connectivity index (χ0) is 9.64. The Morgan fingerprint density at radius 1 is 1.27 bits per heavy atom. The third-order valence-electron chi connectivity index (χ3n) is 2.58. The van der Waals surface area contributed by atoms with Crippen molar-refractivity contribution < 1.29 is 4.74 Å². The lowest BCUT2D eigenvalue weighted by Gasteiger charge is -2.23. The fourth-order valence-electron chi connectivity index (χ4n) is 1.75. The molecule has 1 atom stereocenters. The Labute approximate surface area is 97.4 Å². The van der Waals surface area contributed by atoms with Crippen LogP contribution in [-0.2, 0) is 11.3 Å². The van der Waals surface area contributed by atoms with E-state index in [-0.39, 0.29) is 12.4 Å². The second-order valence-electron chi connectivity index (χ2n) is 3.76. The highest BCUT2D eigenvalue weighted by atomic mass is 35.5. The summed E-state index contributed by atoms with van der Waals surface area (Å²) >= 11 is 0. The summed E-state index contributed by atoms with van der Waals surface area (Å²) in [6.07, 6.45) is 2.84. The summed E-state index contributed by atoms with van der Waals surface area (Å²) in [6.45, 7) is 2.89. The summed E-state index contributed by atoms with van der Waals surface area (Å²) in [5.74, 6) is 0. The zero-order valence-electron chi connectivity index (χ0n) is 8.82. The van der Waals surface area contributed by atoms with E-state index in [0.717, 1.165) is 19.7 Å². The first-order chi connectivity index (χ1) is 6.95. The number of nitrogens with one attached hydrogen (secondary N) is 1. The summed E-state index contributed by atoms with van der Waals surface area (Å²) in [7, 11) is 0. The number of hydrogen-bond donors (Lipinski definition) is 1. The van der Waals surface area contributed by atoms with E-state index in [2.05, 4.69) is 29.6 Å². The van der Waals surface area contributed by atoms with Crippen LogP contribution in [0.4, 0.5) is 0 Å². The first-order valence-electron chi connectivity index (χ1n) is 5.31. The molecule has 84 valence electrons. The Morgan fingerprint density at radius 2 is 2.07 bits per heavy atom. The SMILES string of the molecule is Cl.c1ccc(CO[C@H]2CCCNC2)cc1. The minimum atomic E-state index is 0. The highest BCUT2D eigenvalue weighted by Gasteiger charge is 2.12. The van der Waals surface area contributed by atoms with Gasteiger partial charge in [0.2, 0.25) is 0 Å². The van der Waals surface area contributed by atoms with E-state index in [1.54, 1.807) is 0 Å². The molecule has 1 N–H and O–H groups in total. The standard InChI is InChI=1S/C12H17NO.ClH/c1-2-5-11(6-3-1)10-14-12-7-4-8-13-9-12;/h1-3,5-6,12-13H,4,7-10H2;1H/t12-;/m0./s1. The summed E-state index contributed by atoms with van der Waals surface area (Å²) in [5.41, 5.74) is 1.26. The maximum atomic E-state index is 5.81. The van der Waals surface area contributed by atoms with E-state index in [1.807, 2.05) is 6.07 Å². The summed E-state index contributed by atoms with van der Waals surface area (Å²) < 4.78 is 5.81. The van der Waals surface area contributed by atoms with Gasteiger partial charge in [-0.15, -0.1) is 12.4 Å². The van der Waals surface area contributed by atoms with Crippen LogP contribution in [0.1, 0.15) is 18.4 Å². The summed E-state index contributed by atoms with van der Waals surface area (Å²) in [6, 6.07) is 10.4. The fourth-order valence-corrected chi connectivity index (χ4v) is 1.75. The molecule has 0 aliphatic carbocycles. The molecule has 1 fully saturated rings. The first-order valence-corrected chi connectivity index (χ1v) is 5.31. The van der Waals surface area contributed by atoms with Gasteiger partial charge in [-0.05, 0) is 24.9 Å². The van der Waals surface area contributed by atoms with E-state index in [4.69, 9.17) is 4.74 Å². The second-order valence-corrected chi connectivity index (χ2v) is 3.76. The molecule has 3 heteroatoms. The minimum Gasteiger partial charge on any atom is -0.372 e. The largest absolute Gasteiger partial charge is 0.372 e. The Balaban J connectivity index is 0.00000112. The molecular formula is C12H18ClNO. The summed E-state index contributed by atoms with van der Waals surface area (Å²) in [4.78, 5) is 0. The Bertz CT molecular complexity index is 260. The maximum Gasteiger partial charge on any atom is 0.0721 e. The van der Waals surface area contributed by atoms with E-state index in [0.29, 0.717) is 6.10 Å². The van der Waals surface area contributed by atoms with Gasteiger partial charge in [-0.3, -0.25) is 0 Å². The summed E-state index contributed by atoms with van der Waals surface area (Å²) in [5, 5.41) is 3.35. The molecule has 2 nitrogen and oxygen atoms in total. The molecule has 0 spiro atoms.